The summed E-state index contributed by atoms with van der Waals surface area (Å²) < 4.78 is 0. The van der Waals surface area contributed by atoms with Gasteiger partial charge in [0.2, 0.25) is 5.91 Å². The molecule has 1 saturated carbocycles. The Morgan fingerprint density at radius 3 is 2.22 bits per heavy atom. The van der Waals surface area contributed by atoms with Crippen LogP contribution in [0.1, 0.15) is 19.3 Å². The standard InChI is InChI=1S/C6H12N2O/c7-5(6(8)9)4-2-1-3-4/h4-5H,1-3,7H2,(H2,8,9). The van der Waals surface area contributed by atoms with Gasteiger partial charge >= 0.3 is 0 Å². The molecule has 1 unspecified atom stereocenters. The summed E-state index contributed by atoms with van der Waals surface area (Å²) in [4.78, 5) is 10.4. The molecule has 9 heavy (non-hydrogen) atoms. The molecule has 0 aliphatic heterocycles. The number of amides is 1. The summed E-state index contributed by atoms with van der Waals surface area (Å²) in [6.07, 6.45) is 3.35. The van der Waals surface area contributed by atoms with Gasteiger partial charge in [-0.1, -0.05) is 6.42 Å². The summed E-state index contributed by atoms with van der Waals surface area (Å²) in [5.74, 6) is 0.0159. The Morgan fingerprint density at radius 2 is 2.11 bits per heavy atom. The molecular formula is C6H12N2O. The van der Waals surface area contributed by atoms with Crippen molar-refractivity contribution < 1.29 is 4.79 Å². The van der Waals surface area contributed by atoms with Gasteiger partial charge in [0.05, 0.1) is 6.04 Å². The third-order valence-corrected chi connectivity index (χ3v) is 1.99. The van der Waals surface area contributed by atoms with Gasteiger partial charge in [-0.15, -0.1) is 0 Å². The summed E-state index contributed by atoms with van der Waals surface area (Å²) in [6.45, 7) is 0. The van der Waals surface area contributed by atoms with Crippen LogP contribution in [0.4, 0.5) is 0 Å². The second kappa shape index (κ2) is 2.35. The van der Waals surface area contributed by atoms with Crippen LogP contribution in [0.2, 0.25) is 0 Å². The van der Waals surface area contributed by atoms with Gasteiger partial charge in [-0.2, -0.15) is 0 Å². The Hall–Kier alpha value is -0.570. The highest BCUT2D eigenvalue weighted by Gasteiger charge is 2.27. The predicted molar refractivity (Wildman–Crippen MR) is 34.5 cm³/mol. The molecule has 4 N–H and O–H groups in total. The van der Waals surface area contributed by atoms with Crippen molar-refractivity contribution >= 4 is 5.91 Å². The molecule has 1 aliphatic carbocycles. The monoisotopic (exact) mass is 128 g/mol. The SMILES string of the molecule is NC(=O)C(N)C1CCC1. The van der Waals surface area contributed by atoms with Crippen molar-refractivity contribution in [3.8, 4) is 0 Å². The van der Waals surface area contributed by atoms with E-state index in [0.29, 0.717) is 5.92 Å². The van der Waals surface area contributed by atoms with Crippen LogP contribution >= 0.6 is 0 Å². The van der Waals surface area contributed by atoms with Gasteiger partial charge in [0, 0.05) is 0 Å². The highest BCUT2D eigenvalue weighted by molar-refractivity contribution is 5.80. The molecular weight excluding hydrogens is 116 g/mol. The van der Waals surface area contributed by atoms with E-state index < -0.39 is 6.04 Å². The molecule has 0 spiro atoms. The van der Waals surface area contributed by atoms with Crippen molar-refractivity contribution in [3.63, 3.8) is 0 Å². The molecule has 1 atom stereocenters. The number of hydrogen-bond donors (Lipinski definition) is 2. The van der Waals surface area contributed by atoms with Crippen molar-refractivity contribution in [1.29, 1.82) is 0 Å². The maximum atomic E-state index is 10.4. The van der Waals surface area contributed by atoms with Crippen molar-refractivity contribution in [2.24, 2.45) is 17.4 Å². The Bertz CT molecular complexity index is 120. The van der Waals surface area contributed by atoms with E-state index in [4.69, 9.17) is 11.5 Å². The molecule has 0 aromatic rings. The highest BCUT2D eigenvalue weighted by Crippen LogP contribution is 2.28. The van der Waals surface area contributed by atoms with Crippen LogP contribution in [-0.4, -0.2) is 11.9 Å². The third kappa shape index (κ3) is 1.21. The molecule has 1 fully saturated rings. The summed E-state index contributed by atoms with van der Waals surface area (Å²) >= 11 is 0. The number of carbonyl (C=O) groups excluding carboxylic acids is 1. The Balaban J connectivity index is 2.32. The molecule has 0 heterocycles. The molecule has 0 aromatic heterocycles. The molecule has 1 rings (SSSR count). The van der Waals surface area contributed by atoms with Crippen LogP contribution in [-0.2, 0) is 4.79 Å². The van der Waals surface area contributed by atoms with E-state index in [-0.39, 0.29) is 5.91 Å². The molecule has 0 aromatic carbocycles. The minimum atomic E-state index is -0.390. The van der Waals surface area contributed by atoms with Crippen molar-refractivity contribution in [2.45, 2.75) is 25.3 Å². The maximum absolute atomic E-state index is 10.4. The lowest BCUT2D eigenvalue weighted by Crippen LogP contribution is -2.45. The third-order valence-electron chi connectivity index (χ3n) is 1.99. The van der Waals surface area contributed by atoms with Gasteiger partial charge in [-0.3, -0.25) is 4.79 Å². The fourth-order valence-corrected chi connectivity index (χ4v) is 1.03. The number of carbonyl (C=O) groups is 1. The second-order valence-corrected chi connectivity index (χ2v) is 2.62. The Labute approximate surface area is 54.4 Å². The summed E-state index contributed by atoms with van der Waals surface area (Å²) in [6, 6.07) is -0.390. The molecule has 0 bridgehead atoms. The van der Waals surface area contributed by atoms with E-state index in [1.54, 1.807) is 0 Å². The van der Waals surface area contributed by atoms with Crippen LogP contribution < -0.4 is 11.5 Å². The summed E-state index contributed by atoms with van der Waals surface area (Å²) in [5.41, 5.74) is 10.4. The van der Waals surface area contributed by atoms with Gasteiger partial charge < -0.3 is 11.5 Å². The quantitative estimate of drug-likeness (QED) is 0.531. The van der Waals surface area contributed by atoms with Crippen molar-refractivity contribution in [2.75, 3.05) is 0 Å². The lowest BCUT2D eigenvalue weighted by atomic mass is 9.80. The van der Waals surface area contributed by atoms with E-state index in [1.807, 2.05) is 0 Å². The van der Waals surface area contributed by atoms with Gasteiger partial charge in [0.1, 0.15) is 0 Å². The molecule has 1 amide bonds. The summed E-state index contributed by atoms with van der Waals surface area (Å²) in [7, 11) is 0. The smallest absolute Gasteiger partial charge is 0.234 e. The van der Waals surface area contributed by atoms with Crippen LogP contribution in [0.15, 0.2) is 0 Å². The molecule has 3 heteroatoms. The predicted octanol–water partition coefficient (Wildman–Crippen LogP) is -0.401. The average molecular weight is 128 g/mol. The first-order valence-electron chi connectivity index (χ1n) is 3.26. The zero-order chi connectivity index (χ0) is 6.85. The van der Waals surface area contributed by atoms with Crippen LogP contribution in [0.5, 0.6) is 0 Å². The minimum Gasteiger partial charge on any atom is -0.368 e. The Kier molecular flexibility index (Phi) is 1.71. The second-order valence-electron chi connectivity index (χ2n) is 2.62. The zero-order valence-electron chi connectivity index (χ0n) is 5.34. The topological polar surface area (TPSA) is 69.1 Å². The lowest BCUT2D eigenvalue weighted by Gasteiger charge is -2.28. The fraction of sp³-hybridized carbons (Fsp3) is 0.833. The molecule has 0 saturated heterocycles. The first kappa shape index (κ1) is 6.55. The van der Waals surface area contributed by atoms with Crippen molar-refractivity contribution in [3.05, 3.63) is 0 Å². The Morgan fingerprint density at radius 1 is 1.56 bits per heavy atom. The largest absolute Gasteiger partial charge is 0.368 e. The average Bonchev–Trinajstić information content (AvgIpc) is 1.60. The number of hydrogen-bond acceptors (Lipinski definition) is 2. The van der Waals surface area contributed by atoms with Crippen LogP contribution in [0, 0.1) is 5.92 Å². The first-order chi connectivity index (χ1) is 4.22. The van der Waals surface area contributed by atoms with E-state index in [9.17, 15) is 4.79 Å². The highest BCUT2D eigenvalue weighted by atomic mass is 16.1. The van der Waals surface area contributed by atoms with E-state index in [0.717, 1.165) is 12.8 Å². The maximum Gasteiger partial charge on any atom is 0.234 e. The van der Waals surface area contributed by atoms with Gasteiger partial charge in [-0.25, -0.2) is 0 Å². The van der Waals surface area contributed by atoms with Crippen molar-refractivity contribution in [1.82, 2.24) is 0 Å². The first-order valence-corrected chi connectivity index (χ1v) is 3.26. The van der Waals surface area contributed by atoms with E-state index in [2.05, 4.69) is 0 Å². The number of nitrogens with two attached hydrogens (primary N) is 2. The van der Waals surface area contributed by atoms with Crippen LogP contribution in [0.25, 0.3) is 0 Å². The van der Waals surface area contributed by atoms with Gasteiger partial charge in [-0.05, 0) is 18.8 Å². The fourth-order valence-electron chi connectivity index (χ4n) is 1.03. The normalized spacial score (nSPS) is 22.8. The van der Waals surface area contributed by atoms with Gasteiger partial charge in [0.25, 0.3) is 0 Å². The molecule has 0 radical (unpaired) electrons. The van der Waals surface area contributed by atoms with E-state index in [1.165, 1.54) is 6.42 Å². The van der Waals surface area contributed by atoms with E-state index >= 15 is 0 Å². The summed E-state index contributed by atoms with van der Waals surface area (Å²) in [5, 5.41) is 0. The number of primary amides is 1. The lowest BCUT2D eigenvalue weighted by molar-refractivity contribution is -0.121. The molecule has 3 nitrogen and oxygen atoms in total. The molecule has 52 valence electrons. The minimum absolute atomic E-state index is 0.361. The van der Waals surface area contributed by atoms with Gasteiger partial charge in [0.15, 0.2) is 0 Å². The number of rotatable bonds is 2. The molecule has 1 aliphatic rings. The zero-order valence-corrected chi connectivity index (χ0v) is 5.34. The van der Waals surface area contributed by atoms with Crippen LogP contribution in [0.3, 0.4) is 0 Å².